The monoisotopic (exact) mass is 546 g/mol. The Balaban J connectivity index is 1.35. The highest BCUT2D eigenvalue weighted by atomic mass is 32.2. The third kappa shape index (κ3) is 7.64. The van der Waals surface area contributed by atoms with Gasteiger partial charge in [-0.1, -0.05) is 87.5 Å². The molecule has 3 aromatic carbocycles. The number of sulfonamides is 1. The number of nitrogens with one attached hydrogen (secondary N) is 1. The van der Waals surface area contributed by atoms with Gasteiger partial charge in [-0.3, -0.25) is 9.59 Å². The number of nitrogens with zero attached hydrogens (tertiary/aromatic N) is 1. The summed E-state index contributed by atoms with van der Waals surface area (Å²) in [6.07, 6.45) is 2.51. The summed E-state index contributed by atoms with van der Waals surface area (Å²) in [4.78, 5) is 26.2. The summed E-state index contributed by atoms with van der Waals surface area (Å²) in [6.45, 7) is 7.00. The lowest BCUT2D eigenvalue weighted by Crippen LogP contribution is -2.44. The normalized spacial score (nSPS) is 16.5. The molecule has 3 aromatic rings. The van der Waals surface area contributed by atoms with Gasteiger partial charge in [-0.15, -0.1) is 0 Å². The molecule has 1 aliphatic rings. The summed E-state index contributed by atoms with van der Waals surface area (Å²) in [5.74, 6) is -0.709. The zero-order chi connectivity index (χ0) is 28.0. The largest absolute Gasteiger partial charge is 0.326 e. The minimum Gasteiger partial charge on any atom is -0.326 e. The van der Waals surface area contributed by atoms with Gasteiger partial charge in [0.1, 0.15) is 0 Å². The Morgan fingerprint density at radius 2 is 1.64 bits per heavy atom. The first-order chi connectivity index (χ1) is 18.5. The van der Waals surface area contributed by atoms with Gasteiger partial charge in [0.05, 0.1) is 11.7 Å². The van der Waals surface area contributed by atoms with Gasteiger partial charge in [0, 0.05) is 29.9 Å². The smallest absolute Gasteiger partial charge is 0.228 e. The van der Waals surface area contributed by atoms with Crippen molar-refractivity contribution in [3.8, 4) is 0 Å². The van der Waals surface area contributed by atoms with E-state index in [9.17, 15) is 18.0 Å². The van der Waals surface area contributed by atoms with Crippen LogP contribution in [0.3, 0.4) is 0 Å². The highest BCUT2D eigenvalue weighted by Gasteiger charge is 2.32. The predicted octanol–water partition coefficient (Wildman–Crippen LogP) is 5.83. The molecule has 6 nitrogen and oxygen atoms in total. The van der Waals surface area contributed by atoms with Crippen molar-refractivity contribution in [2.75, 3.05) is 24.2 Å². The molecule has 1 heterocycles. The lowest BCUT2D eigenvalue weighted by molar-refractivity contribution is -0.120. The molecule has 0 aromatic heterocycles. The summed E-state index contributed by atoms with van der Waals surface area (Å²) >= 11 is 0. The molecule has 0 bridgehead atoms. The molecule has 1 amide bonds. The maximum absolute atomic E-state index is 13.1. The van der Waals surface area contributed by atoms with E-state index in [2.05, 4.69) is 26.1 Å². The second-order valence-electron chi connectivity index (χ2n) is 11.3. The fourth-order valence-electron chi connectivity index (χ4n) is 4.91. The highest BCUT2D eigenvalue weighted by molar-refractivity contribution is 7.89. The summed E-state index contributed by atoms with van der Waals surface area (Å²) in [5.41, 5.74) is 3.88. The molecule has 0 radical (unpaired) electrons. The van der Waals surface area contributed by atoms with Crippen molar-refractivity contribution in [3.05, 3.63) is 101 Å². The van der Waals surface area contributed by atoms with Crippen LogP contribution in [0, 0.1) is 5.92 Å². The average Bonchev–Trinajstić information content (AvgIpc) is 2.93. The van der Waals surface area contributed by atoms with E-state index in [0.29, 0.717) is 49.0 Å². The highest BCUT2D eigenvalue weighted by Crippen LogP contribution is 2.25. The summed E-state index contributed by atoms with van der Waals surface area (Å²) in [7, 11) is -3.45. The van der Waals surface area contributed by atoms with E-state index in [0.717, 1.165) is 11.1 Å². The number of carbonyl (C=O) groups excluding carboxylic acids is 2. The molecule has 1 N–H and O–H groups in total. The van der Waals surface area contributed by atoms with Crippen molar-refractivity contribution in [1.82, 2.24) is 4.31 Å². The number of carbonyl (C=O) groups is 2. The Kier molecular flexibility index (Phi) is 9.03. The summed E-state index contributed by atoms with van der Waals surface area (Å²) in [6, 6.07) is 24.4. The van der Waals surface area contributed by atoms with E-state index in [-0.39, 0.29) is 29.4 Å². The zero-order valence-electron chi connectivity index (χ0n) is 23.0. The van der Waals surface area contributed by atoms with E-state index >= 15 is 0 Å². The van der Waals surface area contributed by atoms with Crippen molar-refractivity contribution in [3.63, 3.8) is 0 Å². The molecular weight excluding hydrogens is 508 g/mol. The van der Waals surface area contributed by atoms with E-state index in [4.69, 9.17) is 0 Å². The average molecular weight is 547 g/mol. The number of rotatable bonds is 9. The maximum Gasteiger partial charge on any atom is 0.228 e. The van der Waals surface area contributed by atoms with Gasteiger partial charge in [0.25, 0.3) is 0 Å². The molecule has 1 atom stereocenters. The van der Waals surface area contributed by atoms with Crippen LogP contribution in [-0.2, 0) is 26.7 Å². The minimum absolute atomic E-state index is 0.00195. The molecule has 0 spiro atoms. The topological polar surface area (TPSA) is 83.6 Å². The van der Waals surface area contributed by atoms with Gasteiger partial charge in [0.2, 0.25) is 15.9 Å². The molecule has 0 saturated carbocycles. The number of hydrogen-bond donors (Lipinski definition) is 1. The Hall–Kier alpha value is -3.29. The maximum atomic E-state index is 13.1. The fraction of sp³-hybridized carbons (Fsp3) is 0.375. The minimum atomic E-state index is -3.45. The molecule has 0 unspecified atom stereocenters. The SMILES string of the molecule is CC(C)(C)c1ccc(C(=O)c2cccc(NC(=O)[C@@H]3CCCN(S(=O)(=O)CCCc4ccccc4)C3)c2)cc1. The second-order valence-corrected chi connectivity index (χ2v) is 13.4. The molecule has 7 heteroatoms. The van der Waals surface area contributed by atoms with Crippen LogP contribution >= 0.6 is 0 Å². The van der Waals surface area contributed by atoms with Crippen molar-refractivity contribution >= 4 is 27.4 Å². The Labute approximate surface area is 232 Å². The molecule has 1 aliphatic heterocycles. The first kappa shape index (κ1) is 28.7. The number of ketones is 1. The molecule has 206 valence electrons. The lowest BCUT2D eigenvalue weighted by atomic mass is 9.86. The molecule has 39 heavy (non-hydrogen) atoms. The number of hydrogen-bond acceptors (Lipinski definition) is 4. The number of amides is 1. The second kappa shape index (κ2) is 12.3. The van der Waals surface area contributed by atoms with Gasteiger partial charge in [-0.2, -0.15) is 0 Å². The van der Waals surface area contributed by atoms with E-state index in [1.54, 1.807) is 24.3 Å². The van der Waals surface area contributed by atoms with Gasteiger partial charge in [-0.25, -0.2) is 12.7 Å². The van der Waals surface area contributed by atoms with Crippen LogP contribution in [-0.4, -0.2) is 43.3 Å². The molecule has 0 aliphatic carbocycles. The first-order valence-electron chi connectivity index (χ1n) is 13.6. The van der Waals surface area contributed by atoms with Crippen molar-refractivity contribution < 1.29 is 18.0 Å². The van der Waals surface area contributed by atoms with Crippen molar-refractivity contribution in [1.29, 1.82) is 0 Å². The molecular formula is C32H38N2O4S. The third-order valence-corrected chi connectivity index (χ3v) is 9.19. The van der Waals surface area contributed by atoms with Crippen molar-refractivity contribution in [2.45, 2.75) is 51.9 Å². The van der Waals surface area contributed by atoms with Gasteiger partial charge >= 0.3 is 0 Å². The van der Waals surface area contributed by atoms with Crippen LogP contribution in [0.1, 0.15) is 67.1 Å². The quantitative estimate of drug-likeness (QED) is 0.343. The van der Waals surface area contributed by atoms with Crippen LogP contribution in [0.25, 0.3) is 0 Å². The molecule has 1 fully saturated rings. The van der Waals surface area contributed by atoms with Crippen LogP contribution in [0.2, 0.25) is 0 Å². The summed E-state index contributed by atoms with van der Waals surface area (Å²) < 4.78 is 27.4. The molecule has 4 rings (SSSR count). The van der Waals surface area contributed by atoms with Gasteiger partial charge < -0.3 is 5.32 Å². The number of piperidine rings is 1. The third-order valence-electron chi connectivity index (χ3n) is 7.26. The van der Waals surface area contributed by atoms with E-state index in [1.807, 2.05) is 54.6 Å². The molecule has 1 saturated heterocycles. The summed E-state index contributed by atoms with van der Waals surface area (Å²) in [5, 5.41) is 2.91. The number of anilines is 1. The van der Waals surface area contributed by atoms with Gasteiger partial charge in [0.15, 0.2) is 5.78 Å². The zero-order valence-corrected chi connectivity index (χ0v) is 23.8. The standard InChI is InChI=1S/C32H38N2O4S/c1-32(2,3)28-18-16-25(17-19-28)30(35)26-13-7-15-29(22-26)33-31(36)27-14-8-20-34(23-27)39(37,38)21-9-12-24-10-5-4-6-11-24/h4-7,10-11,13,15-19,22,27H,8-9,12,14,20-21,23H2,1-3H3,(H,33,36)/t27-/m1/s1. The van der Waals surface area contributed by atoms with Crippen LogP contribution < -0.4 is 5.32 Å². The van der Waals surface area contributed by atoms with E-state index < -0.39 is 15.9 Å². The Bertz CT molecular complexity index is 1390. The Morgan fingerprint density at radius 1 is 0.923 bits per heavy atom. The van der Waals surface area contributed by atoms with E-state index in [1.165, 1.54) is 4.31 Å². The van der Waals surface area contributed by atoms with Crippen molar-refractivity contribution in [2.24, 2.45) is 5.92 Å². The fourth-order valence-corrected chi connectivity index (χ4v) is 6.49. The van der Waals surface area contributed by atoms with Crippen LogP contribution in [0.15, 0.2) is 78.9 Å². The Morgan fingerprint density at radius 3 is 2.33 bits per heavy atom. The number of aryl methyl sites for hydroxylation is 1. The van der Waals surface area contributed by atoms with Crippen LogP contribution in [0.5, 0.6) is 0 Å². The van der Waals surface area contributed by atoms with Gasteiger partial charge in [-0.05, 0) is 54.4 Å². The number of benzene rings is 3. The first-order valence-corrected chi connectivity index (χ1v) is 15.2. The lowest BCUT2D eigenvalue weighted by Gasteiger charge is -2.31. The predicted molar refractivity (Wildman–Crippen MR) is 156 cm³/mol. The van der Waals surface area contributed by atoms with Crippen LogP contribution in [0.4, 0.5) is 5.69 Å².